The molecule has 0 atom stereocenters. The molecule has 0 N–H and O–H groups in total. The van der Waals surface area contributed by atoms with Crippen molar-refractivity contribution in [2.24, 2.45) is 0 Å². The van der Waals surface area contributed by atoms with E-state index in [-0.39, 0.29) is 0 Å². The maximum atomic E-state index is 5.53. The second-order valence-corrected chi connectivity index (χ2v) is 2.74. The molecule has 0 saturated heterocycles. The summed E-state index contributed by atoms with van der Waals surface area (Å²) in [4.78, 5) is 0. The van der Waals surface area contributed by atoms with Crippen LogP contribution in [-0.2, 0) is 4.74 Å². The highest BCUT2D eigenvalue weighted by Gasteiger charge is 2.14. The molecule has 0 aromatic carbocycles. The summed E-state index contributed by atoms with van der Waals surface area (Å²) < 4.78 is 5.53. The lowest BCUT2D eigenvalue weighted by molar-refractivity contribution is 0.0985. The van der Waals surface area contributed by atoms with Gasteiger partial charge in [-0.05, 0) is 32.1 Å². The highest BCUT2D eigenvalue weighted by atomic mass is 16.5. The first-order valence-corrected chi connectivity index (χ1v) is 4.21. The van der Waals surface area contributed by atoms with E-state index in [1.54, 1.807) is 0 Å². The Hall–Kier alpha value is -0.0400. The number of rotatable bonds is 4. The van der Waals surface area contributed by atoms with Gasteiger partial charge in [0.05, 0.1) is 6.10 Å². The molecule has 58 valence electrons. The van der Waals surface area contributed by atoms with E-state index in [2.05, 4.69) is 19.8 Å². The molecule has 0 aromatic rings. The Morgan fingerprint density at radius 2 is 2.10 bits per heavy atom. The van der Waals surface area contributed by atoms with Crippen molar-refractivity contribution < 1.29 is 4.74 Å². The molecule has 1 aliphatic carbocycles. The normalized spacial score (nSPS) is 20.1. The Labute approximate surface area is 63.8 Å². The average Bonchev–Trinajstić information content (AvgIpc) is 2.41. The largest absolute Gasteiger partial charge is 0.378 e. The van der Waals surface area contributed by atoms with Gasteiger partial charge in [0.1, 0.15) is 0 Å². The maximum Gasteiger partial charge on any atom is 0.0638 e. The van der Waals surface area contributed by atoms with Crippen LogP contribution in [0.2, 0.25) is 0 Å². The second-order valence-electron chi connectivity index (χ2n) is 2.74. The molecule has 0 aromatic heterocycles. The third-order valence-corrected chi connectivity index (χ3v) is 1.77. The summed E-state index contributed by atoms with van der Waals surface area (Å²) in [5.41, 5.74) is 0. The van der Waals surface area contributed by atoms with Gasteiger partial charge in [0.25, 0.3) is 0 Å². The second kappa shape index (κ2) is 4.73. The van der Waals surface area contributed by atoms with Crippen molar-refractivity contribution >= 4 is 0 Å². The lowest BCUT2D eigenvalue weighted by Gasteiger charge is -2.08. The molecule has 1 aliphatic rings. The highest BCUT2D eigenvalue weighted by Crippen LogP contribution is 2.18. The van der Waals surface area contributed by atoms with Crippen LogP contribution >= 0.6 is 0 Å². The van der Waals surface area contributed by atoms with Crippen LogP contribution < -0.4 is 0 Å². The van der Waals surface area contributed by atoms with E-state index < -0.39 is 0 Å². The zero-order valence-corrected chi connectivity index (χ0v) is 6.68. The van der Waals surface area contributed by atoms with Crippen molar-refractivity contribution in [1.29, 1.82) is 0 Å². The average molecular weight is 140 g/mol. The van der Waals surface area contributed by atoms with Gasteiger partial charge in [-0.15, -0.1) is 0 Å². The minimum absolute atomic E-state index is 0.367. The molecule has 0 aliphatic heterocycles. The molecule has 1 rings (SSSR count). The van der Waals surface area contributed by atoms with Crippen LogP contribution in [0.1, 0.15) is 32.6 Å². The number of ether oxygens (including phenoxy) is 1. The van der Waals surface area contributed by atoms with Gasteiger partial charge < -0.3 is 4.74 Å². The predicted molar refractivity (Wildman–Crippen MR) is 42.5 cm³/mol. The van der Waals surface area contributed by atoms with Crippen LogP contribution in [-0.4, -0.2) is 12.7 Å². The molecule has 0 spiro atoms. The van der Waals surface area contributed by atoms with Gasteiger partial charge in [-0.25, -0.2) is 0 Å². The topological polar surface area (TPSA) is 9.23 Å². The minimum atomic E-state index is 0.367. The van der Waals surface area contributed by atoms with Gasteiger partial charge in [-0.3, -0.25) is 0 Å². The summed E-state index contributed by atoms with van der Waals surface area (Å²) in [7, 11) is 0. The Morgan fingerprint density at radius 1 is 1.40 bits per heavy atom. The monoisotopic (exact) mass is 140 g/mol. The first kappa shape index (κ1) is 8.06. The minimum Gasteiger partial charge on any atom is -0.378 e. The van der Waals surface area contributed by atoms with E-state index in [9.17, 15) is 0 Å². The van der Waals surface area contributed by atoms with Crippen LogP contribution in [0, 0.1) is 12.8 Å². The van der Waals surface area contributed by atoms with Crippen molar-refractivity contribution in [2.45, 2.75) is 38.7 Å². The zero-order chi connectivity index (χ0) is 7.23. The zero-order valence-electron chi connectivity index (χ0n) is 6.68. The summed E-state index contributed by atoms with van der Waals surface area (Å²) in [6, 6.07) is 0. The van der Waals surface area contributed by atoms with Gasteiger partial charge in [0, 0.05) is 6.61 Å². The van der Waals surface area contributed by atoms with Crippen LogP contribution in [0.15, 0.2) is 0 Å². The van der Waals surface area contributed by atoms with Gasteiger partial charge in [-0.1, -0.05) is 13.3 Å². The quantitative estimate of drug-likeness (QED) is 0.545. The molecule has 2 radical (unpaired) electrons. The van der Waals surface area contributed by atoms with Crippen LogP contribution in [0.25, 0.3) is 0 Å². The molecular formula is C9H16O. The fourth-order valence-electron chi connectivity index (χ4n) is 1.12. The molecule has 0 heterocycles. The summed E-state index contributed by atoms with van der Waals surface area (Å²) in [5.74, 6) is 0. The lowest BCUT2D eigenvalue weighted by Crippen LogP contribution is -2.09. The molecule has 10 heavy (non-hydrogen) atoms. The fraction of sp³-hybridized carbons (Fsp3) is 0.778. The smallest absolute Gasteiger partial charge is 0.0638 e. The molecule has 1 nitrogen and oxygen atoms in total. The Morgan fingerprint density at radius 3 is 2.70 bits per heavy atom. The molecule has 1 saturated carbocycles. The van der Waals surface area contributed by atoms with Crippen molar-refractivity contribution in [3.05, 3.63) is 12.8 Å². The van der Waals surface area contributed by atoms with E-state index in [4.69, 9.17) is 4.74 Å². The molecule has 0 unspecified atom stereocenters. The van der Waals surface area contributed by atoms with Crippen molar-refractivity contribution in [3.8, 4) is 0 Å². The van der Waals surface area contributed by atoms with Crippen molar-refractivity contribution in [2.75, 3.05) is 6.61 Å². The van der Waals surface area contributed by atoms with Gasteiger partial charge in [0.2, 0.25) is 0 Å². The molecule has 0 amide bonds. The van der Waals surface area contributed by atoms with Crippen LogP contribution in [0.5, 0.6) is 0 Å². The predicted octanol–water partition coefficient (Wildman–Crippen LogP) is 2.37. The third kappa shape index (κ3) is 2.70. The molecule has 1 heteroatoms. The molecular weight excluding hydrogens is 124 g/mol. The first-order valence-electron chi connectivity index (χ1n) is 4.21. The van der Waals surface area contributed by atoms with E-state index >= 15 is 0 Å². The maximum absolute atomic E-state index is 5.53. The van der Waals surface area contributed by atoms with Gasteiger partial charge >= 0.3 is 0 Å². The van der Waals surface area contributed by atoms with Crippen molar-refractivity contribution in [1.82, 2.24) is 0 Å². The Balaban J connectivity index is 1.91. The van der Waals surface area contributed by atoms with E-state index in [0.717, 1.165) is 6.61 Å². The Kier molecular flexibility index (Phi) is 3.81. The SMILES string of the molecule is CCCCOC1[CH]CC[CH]1. The van der Waals surface area contributed by atoms with Gasteiger partial charge in [-0.2, -0.15) is 0 Å². The third-order valence-electron chi connectivity index (χ3n) is 1.77. The van der Waals surface area contributed by atoms with Crippen molar-refractivity contribution in [3.63, 3.8) is 0 Å². The van der Waals surface area contributed by atoms with E-state index in [0.29, 0.717) is 6.10 Å². The number of unbranched alkanes of at least 4 members (excludes halogenated alkanes) is 1. The van der Waals surface area contributed by atoms with E-state index in [1.165, 1.54) is 25.7 Å². The molecule has 1 fully saturated rings. The highest BCUT2D eigenvalue weighted by molar-refractivity contribution is 4.97. The van der Waals surface area contributed by atoms with Gasteiger partial charge in [0.15, 0.2) is 0 Å². The van der Waals surface area contributed by atoms with Crippen LogP contribution in [0.3, 0.4) is 0 Å². The first-order chi connectivity index (χ1) is 4.93. The summed E-state index contributed by atoms with van der Waals surface area (Å²) in [5, 5.41) is 0. The standard InChI is InChI=1S/C9H16O/c1-2-3-8-10-9-6-4-5-7-9/h6-7,9H,2-5,8H2,1H3. The summed E-state index contributed by atoms with van der Waals surface area (Å²) in [6.45, 7) is 3.11. The summed E-state index contributed by atoms with van der Waals surface area (Å²) >= 11 is 0. The lowest BCUT2D eigenvalue weighted by atomic mass is 10.3. The number of hydrogen-bond acceptors (Lipinski definition) is 1. The molecule has 0 bridgehead atoms. The Bertz CT molecular complexity index is 74.8. The number of hydrogen-bond donors (Lipinski definition) is 0. The fourth-order valence-corrected chi connectivity index (χ4v) is 1.12. The summed E-state index contributed by atoms with van der Waals surface area (Å²) in [6.07, 6.45) is 9.69. The van der Waals surface area contributed by atoms with Crippen LogP contribution in [0.4, 0.5) is 0 Å². The van der Waals surface area contributed by atoms with E-state index in [1.807, 2.05) is 0 Å².